The van der Waals surface area contributed by atoms with Crippen molar-refractivity contribution in [2.75, 3.05) is 0 Å². The van der Waals surface area contributed by atoms with Gasteiger partial charge in [0.2, 0.25) is 0 Å². The van der Waals surface area contributed by atoms with Crippen LogP contribution in [0.3, 0.4) is 0 Å². The number of benzene rings is 1. The second-order valence-corrected chi connectivity index (χ2v) is 4.46. The highest BCUT2D eigenvalue weighted by atomic mass is 79.9. The molecule has 2 rings (SSSR count). The first-order chi connectivity index (χ1) is 8.25. The third kappa shape index (κ3) is 3.51. The Bertz CT molecular complexity index is 490. The molecule has 0 unspecified atom stereocenters. The van der Waals surface area contributed by atoms with Crippen molar-refractivity contribution in [1.29, 1.82) is 0 Å². The lowest BCUT2D eigenvalue weighted by Crippen LogP contribution is -2.13. The zero-order chi connectivity index (χ0) is 12.1. The van der Waals surface area contributed by atoms with E-state index in [2.05, 4.69) is 31.4 Å². The van der Waals surface area contributed by atoms with Crippen LogP contribution >= 0.6 is 15.9 Å². The van der Waals surface area contributed by atoms with Crippen LogP contribution in [0.15, 0.2) is 41.0 Å². The highest BCUT2D eigenvalue weighted by Crippen LogP contribution is 2.24. The lowest BCUT2D eigenvalue weighted by Gasteiger charge is -2.05. The summed E-state index contributed by atoms with van der Waals surface area (Å²) in [6.07, 6.45) is 1.65. The molecule has 17 heavy (non-hydrogen) atoms. The third-order valence-corrected chi connectivity index (χ3v) is 2.91. The van der Waals surface area contributed by atoms with E-state index in [1.54, 1.807) is 12.3 Å². The predicted octanol–water partition coefficient (Wildman–Crippen LogP) is 2.23. The van der Waals surface area contributed by atoms with E-state index in [1.807, 2.05) is 24.3 Å². The van der Waals surface area contributed by atoms with Gasteiger partial charge in [-0.1, -0.05) is 6.07 Å². The fourth-order valence-electron chi connectivity index (χ4n) is 1.42. The molecule has 0 saturated carbocycles. The van der Waals surface area contributed by atoms with Crippen LogP contribution in [0.1, 0.15) is 11.3 Å². The van der Waals surface area contributed by atoms with Crippen LogP contribution in [0.5, 0.6) is 5.75 Å². The first-order valence-corrected chi connectivity index (χ1v) is 5.99. The van der Waals surface area contributed by atoms with Crippen molar-refractivity contribution in [1.82, 2.24) is 15.5 Å². The van der Waals surface area contributed by atoms with Gasteiger partial charge in [-0.15, -0.1) is 0 Å². The number of phenolic OH excluding ortho intramolecular Hbond substituents is 1. The molecular weight excluding hydrogens is 282 g/mol. The highest BCUT2D eigenvalue weighted by Gasteiger charge is 1.99. The number of nitrogens with one attached hydrogen (secondary N) is 1. The van der Waals surface area contributed by atoms with Gasteiger partial charge >= 0.3 is 0 Å². The predicted molar refractivity (Wildman–Crippen MR) is 68.4 cm³/mol. The number of aromatic nitrogens is 2. The SMILES string of the molecule is Oc1ccc(CNCc2cccnn2)cc1Br. The second-order valence-electron chi connectivity index (χ2n) is 3.60. The Kier molecular flexibility index (Phi) is 4.06. The maximum atomic E-state index is 9.36. The van der Waals surface area contributed by atoms with Crippen LogP contribution in [0.25, 0.3) is 0 Å². The summed E-state index contributed by atoms with van der Waals surface area (Å²) in [5.41, 5.74) is 2.00. The number of rotatable bonds is 4. The van der Waals surface area contributed by atoms with Gasteiger partial charge in [-0.3, -0.25) is 0 Å². The van der Waals surface area contributed by atoms with Crippen molar-refractivity contribution >= 4 is 15.9 Å². The normalized spacial score (nSPS) is 10.4. The van der Waals surface area contributed by atoms with E-state index in [-0.39, 0.29) is 5.75 Å². The standard InChI is InChI=1S/C12H12BrN3O/c13-11-6-9(3-4-12(11)17)7-14-8-10-2-1-5-15-16-10/h1-6,14,17H,7-8H2. The summed E-state index contributed by atoms with van der Waals surface area (Å²) in [6, 6.07) is 9.22. The zero-order valence-corrected chi connectivity index (χ0v) is 10.7. The molecule has 0 fully saturated rings. The molecule has 0 saturated heterocycles. The molecule has 0 bridgehead atoms. The number of nitrogens with zero attached hydrogens (tertiary/aromatic N) is 2. The third-order valence-electron chi connectivity index (χ3n) is 2.27. The molecule has 0 spiro atoms. The van der Waals surface area contributed by atoms with E-state index >= 15 is 0 Å². The molecule has 0 atom stereocenters. The van der Waals surface area contributed by atoms with Crippen molar-refractivity contribution in [3.8, 4) is 5.75 Å². The molecule has 5 heteroatoms. The van der Waals surface area contributed by atoms with Crippen LogP contribution in [-0.2, 0) is 13.1 Å². The topological polar surface area (TPSA) is 58.0 Å². The first kappa shape index (κ1) is 12.0. The van der Waals surface area contributed by atoms with Crippen molar-refractivity contribution < 1.29 is 5.11 Å². The number of halogens is 1. The largest absolute Gasteiger partial charge is 0.507 e. The van der Waals surface area contributed by atoms with Gasteiger partial charge < -0.3 is 10.4 Å². The Morgan fingerprint density at radius 2 is 2.12 bits per heavy atom. The Morgan fingerprint density at radius 3 is 2.82 bits per heavy atom. The minimum absolute atomic E-state index is 0.252. The molecule has 88 valence electrons. The Hall–Kier alpha value is -1.46. The molecule has 0 aliphatic carbocycles. The molecule has 2 aromatic rings. The van der Waals surface area contributed by atoms with Crippen LogP contribution in [-0.4, -0.2) is 15.3 Å². The van der Waals surface area contributed by atoms with Gasteiger partial charge in [0.15, 0.2) is 0 Å². The summed E-state index contributed by atoms with van der Waals surface area (Å²) in [5.74, 6) is 0.252. The maximum absolute atomic E-state index is 9.36. The van der Waals surface area contributed by atoms with E-state index in [4.69, 9.17) is 0 Å². The van der Waals surface area contributed by atoms with Gasteiger partial charge in [0, 0.05) is 19.3 Å². The number of phenols is 1. The minimum atomic E-state index is 0.252. The molecule has 2 N–H and O–H groups in total. The van der Waals surface area contributed by atoms with E-state index in [9.17, 15) is 5.11 Å². The fourth-order valence-corrected chi connectivity index (χ4v) is 1.85. The second kappa shape index (κ2) is 5.75. The quantitative estimate of drug-likeness (QED) is 0.908. The molecule has 4 nitrogen and oxygen atoms in total. The first-order valence-electron chi connectivity index (χ1n) is 5.20. The van der Waals surface area contributed by atoms with Gasteiger partial charge in [0.05, 0.1) is 10.2 Å². The zero-order valence-electron chi connectivity index (χ0n) is 9.10. The smallest absolute Gasteiger partial charge is 0.129 e. The van der Waals surface area contributed by atoms with Gasteiger partial charge in [0.1, 0.15) is 5.75 Å². The maximum Gasteiger partial charge on any atom is 0.129 e. The molecule has 0 radical (unpaired) electrons. The van der Waals surface area contributed by atoms with Gasteiger partial charge in [-0.05, 0) is 45.8 Å². The molecular formula is C12H12BrN3O. The van der Waals surface area contributed by atoms with Crippen LogP contribution in [0.2, 0.25) is 0 Å². The Balaban J connectivity index is 1.88. The minimum Gasteiger partial charge on any atom is -0.507 e. The monoisotopic (exact) mass is 293 g/mol. The van der Waals surface area contributed by atoms with E-state index < -0.39 is 0 Å². The van der Waals surface area contributed by atoms with Gasteiger partial charge in [-0.25, -0.2) is 0 Å². The van der Waals surface area contributed by atoms with E-state index in [0.717, 1.165) is 17.8 Å². The summed E-state index contributed by atoms with van der Waals surface area (Å²) < 4.78 is 0.705. The van der Waals surface area contributed by atoms with Crippen molar-refractivity contribution in [2.24, 2.45) is 0 Å². The fraction of sp³-hybridized carbons (Fsp3) is 0.167. The Morgan fingerprint density at radius 1 is 1.24 bits per heavy atom. The molecule has 1 aromatic heterocycles. The average molecular weight is 294 g/mol. The average Bonchev–Trinajstić information content (AvgIpc) is 2.35. The van der Waals surface area contributed by atoms with Crippen molar-refractivity contribution in [3.05, 3.63) is 52.3 Å². The lowest BCUT2D eigenvalue weighted by atomic mass is 10.2. The summed E-state index contributed by atoms with van der Waals surface area (Å²) in [7, 11) is 0. The molecule has 1 heterocycles. The van der Waals surface area contributed by atoms with Crippen LogP contribution < -0.4 is 5.32 Å². The van der Waals surface area contributed by atoms with E-state index in [0.29, 0.717) is 11.0 Å². The lowest BCUT2D eigenvalue weighted by molar-refractivity contribution is 0.471. The number of hydrogen-bond acceptors (Lipinski definition) is 4. The van der Waals surface area contributed by atoms with E-state index in [1.165, 1.54) is 0 Å². The number of aromatic hydroxyl groups is 1. The highest BCUT2D eigenvalue weighted by molar-refractivity contribution is 9.10. The van der Waals surface area contributed by atoms with Crippen LogP contribution in [0.4, 0.5) is 0 Å². The van der Waals surface area contributed by atoms with Crippen molar-refractivity contribution in [2.45, 2.75) is 13.1 Å². The molecule has 1 aromatic carbocycles. The molecule has 0 aliphatic heterocycles. The summed E-state index contributed by atoms with van der Waals surface area (Å²) >= 11 is 3.28. The van der Waals surface area contributed by atoms with Crippen molar-refractivity contribution in [3.63, 3.8) is 0 Å². The number of hydrogen-bond donors (Lipinski definition) is 2. The molecule has 0 aliphatic rings. The van der Waals surface area contributed by atoms with Gasteiger partial charge in [0.25, 0.3) is 0 Å². The van der Waals surface area contributed by atoms with Gasteiger partial charge in [-0.2, -0.15) is 10.2 Å². The van der Waals surface area contributed by atoms with Crippen LogP contribution in [0, 0.1) is 0 Å². The molecule has 0 amide bonds. The summed E-state index contributed by atoms with van der Waals surface area (Å²) in [5, 5.41) is 20.4. The summed E-state index contributed by atoms with van der Waals surface area (Å²) in [6.45, 7) is 1.39. The summed E-state index contributed by atoms with van der Waals surface area (Å²) in [4.78, 5) is 0. The Labute approximate surface area is 108 Å².